The molecule has 0 spiro atoms. The zero-order valence-corrected chi connectivity index (χ0v) is 15.7. The van der Waals surface area contributed by atoms with Gasteiger partial charge in [-0.15, -0.1) is 0 Å². The number of halogens is 2. The Balaban J connectivity index is 2.19. The molecule has 1 aromatic rings. The van der Waals surface area contributed by atoms with Crippen LogP contribution in [0, 0.1) is 0 Å². The highest BCUT2D eigenvalue weighted by Gasteiger charge is 2.33. The zero-order chi connectivity index (χ0) is 15.6. The molecule has 0 amide bonds. The number of hydrogen-bond acceptors (Lipinski definition) is 3. The third-order valence-corrected chi connectivity index (χ3v) is 4.95. The number of rotatable bonds is 5. The third-order valence-electron chi connectivity index (χ3n) is 3.79. The minimum atomic E-state index is -0.131. The highest BCUT2D eigenvalue weighted by molar-refractivity contribution is 9.09. The average molecular weight is 379 g/mol. The highest BCUT2D eigenvalue weighted by atomic mass is 79.9. The maximum absolute atomic E-state index is 6.52. The second-order valence-corrected chi connectivity index (χ2v) is 7.23. The van der Waals surface area contributed by atoms with Gasteiger partial charge in [0.05, 0.1) is 28.1 Å². The molecule has 6 heteroatoms. The summed E-state index contributed by atoms with van der Waals surface area (Å²) in [7, 11) is 0. The molecule has 2 heterocycles. The number of hydrogen-bond donors (Lipinski definition) is 0. The fourth-order valence-electron chi connectivity index (χ4n) is 3.00. The Hall–Kier alpha value is -0.100. The fourth-order valence-corrected chi connectivity index (χ4v) is 3.66. The van der Waals surface area contributed by atoms with Gasteiger partial charge in [-0.1, -0.05) is 34.5 Å². The van der Waals surface area contributed by atoms with E-state index in [0.717, 1.165) is 54.3 Å². The van der Waals surface area contributed by atoms with Crippen molar-refractivity contribution in [3.05, 3.63) is 16.4 Å². The summed E-state index contributed by atoms with van der Waals surface area (Å²) in [6, 6.07) is 0. The van der Waals surface area contributed by atoms with Gasteiger partial charge in [0.15, 0.2) is 0 Å². The predicted molar refractivity (Wildman–Crippen MR) is 90.3 cm³/mol. The smallest absolute Gasteiger partial charge is 0.0863 e. The van der Waals surface area contributed by atoms with Gasteiger partial charge in [0, 0.05) is 31.5 Å². The molecule has 1 unspecified atom stereocenters. The van der Waals surface area contributed by atoms with Crippen LogP contribution in [-0.2, 0) is 24.2 Å². The van der Waals surface area contributed by atoms with Gasteiger partial charge in [0.25, 0.3) is 0 Å². The van der Waals surface area contributed by atoms with Gasteiger partial charge in [-0.3, -0.25) is 9.58 Å². The van der Waals surface area contributed by atoms with Crippen LogP contribution in [0.15, 0.2) is 0 Å². The molecule has 0 N–H and O–H groups in total. The van der Waals surface area contributed by atoms with Gasteiger partial charge in [-0.05, 0) is 27.2 Å². The topological polar surface area (TPSA) is 30.3 Å². The molecule has 1 aliphatic heterocycles. The number of morpholine rings is 1. The van der Waals surface area contributed by atoms with Gasteiger partial charge < -0.3 is 4.74 Å². The molecule has 1 atom stereocenters. The van der Waals surface area contributed by atoms with Crippen molar-refractivity contribution >= 4 is 27.5 Å². The molecule has 1 fully saturated rings. The Bertz CT molecular complexity index is 490. The molecule has 4 nitrogen and oxygen atoms in total. The maximum Gasteiger partial charge on any atom is 0.0863 e. The van der Waals surface area contributed by atoms with Crippen molar-refractivity contribution in [1.82, 2.24) is 14.7 Å². The van der Waals surface area contributed by atoms with Crippen LogP contribution in [0.1, 0.15) is 39.1 Å². The number of alkyl halides is 1. The van der Waals surface area contributed by atoms with E-state index >= 15 is 0 Å². The molecule has 0 radical (unpaired) electrons. The van der Waals surface area contributed by atoms with Crippen LogP contribution in [0.4, 0.5) is 0 Å². The molecular formula is C15H25BrClN3O. The number of aromatic nitrogens is 2. The van der Waals surface area contributed by atoms with E-state index in [1.54, 1.807) is 0 Å². The van der Waals surface area contributed by atoms with Crippen molar-refractivity contribution < 1.29 is 4.74 Å². The van der Waals surface area contributed by atoms with Crippen molar-refractivity contribution in [3.8, 4) is 0 Å². The molecule has 21 heavy (non-hydrogen) atoms. The first-order valence-electron chi connectivity index (χ1n) is 7.60. The van der Waals surface area contributed by atoms with Crippen LogP contribution < -0.4 is 0 Å². The second kappa shape index (κ2) is 6.99. The van der Waals surface area contributed by atoms with Gasteiger partial charge >= 0.3 is 0 Å². The van der Waals surface area contributed by atoms with Crippen LogP contribution in [-0.4, -0.2) is 44.8 Å². The summed E-state index contributed by atoms with van der Waals surface area (Å²) in [5.74, 6) is 0. The normalized spacial score (nSPS) is 22.7. The number of aryl methyl sites for hydroxylation is 2. The van der Waals surface area contributed by atoms with Crippen molar-refractivity contribution in [2.24, 2.45) is 0 Å². The fraction of sp³-hybridized carbons (Fsp3) is 0.800. The van der Waals surface area contributed by atoms with Crippen LogP contribution in [0.5, 0.6) is 0 Å². The summed E-state index contributed by atoms with van der Waals surface area (Å²) in [6.07, 6.45) is 1.09. The first kappa shape index (κ1) is 17.3. The molecule has 0 saturated carbocycles. The maximum atomic E-state index is 6.52. The van der Waals surface area contributed by atoms with Gasteiger partial charge in [0.2, 0.25) is 0 Å². The largest absolute Gasteiger partial charge is 0.369 e. The Kier molecular flexibility index (Phi) is 5.74. The molecule has 0 aliphatic carbocycles. The first-order valence-corrected chi connectivity index (χ1v) is 9.10. The van der Waals surface area contributed by atoms with Crippen LogP contribution >= 0.6 is 27.5 Å². The molecular weight excluding hydrogens is 354 g/mol. The molecule has 0 aromatic carbocycles. The van der Waals surface area contributed by atoms with Crippen molar-refractivity contribution in [1.29, 1.82) is 0 Å². The summed E-state index contributed by atoms with van der Waals surface area (Å²) < 4.78 is 8.09. The Morgan fingerprint density at radius 2 is 2.14 bits per heavy atom. The van der Waals surface area contributed by atoms with Gasteiger partial charge in [-0.2, -0.15) is 5.10 Å². The van der Waals surface area contributed by atoms with Crippen molar-refractivity contribution in [3.63, 3.8) is 0 Å². The van der Waals surface area contributed by atoms with E-state index in [4.69, 9.17) is 16.3 Å². The van der Waals surface area contributed by atoms with E-state index in [1.807, 2.05) is 4.68 Å². The van der Waals surface area contributed by atoms with E-state index < -0.39 is 0 Å². The molecule has 1 saturated heterocycles. The Labute approximate surface area is 140 Å². The summed E-state index contributed by atoms with van der Waals surface area (Å²) in [5, 5.41) is 6.29. The zero-order valence-electron chi connectivity index (χ0n) is 13.3. The monoisotopic (exact) mass is 377 g/mol. The van der Waals surface area contributed by atoms with E-state index in [0.29, 0.717) is 0 Å². The molecule has 2 rings (SSSR count). The number of ether oxygens (including phenoxy) is 1. The lowest BCUT2D eigenvalue weighted by molar-refractivity contribution is -0.128. The van der Waals surface area contributed by atoms with E-state index in [-0.39, 0.29) is 11.7 Å². The van der Waals surface area contributed by atoms with Crippen molar-refractivity contribution in [2.45, 2.75) is 58.9 Å². The summed E-state index contributed by atoms with van der Waals surface area (Å²) in [6.45, 7) is 12.0. The molecule has 120 valence electrons. The molecule has 0 bridgehead atoms. The van der Waals surface area contributed by atoms with Crippen LogP contribution in [0.3, 0.4) is 0 Å². The lowest BCUT2D eigenvalue weighted by atomic mass is 10.1. The first-order chi connectivity index (χ1) is 9.90. The molecule has 1 aliphatic rings. The minimum absolute atomic E-state index is 0.131. The van der Waals surface area contributed by atoms with Gasteiger partial charge in [-0.25, -0.2) is 0 Å². The SMILES string of the molecule is CCc1nn(CC)c(CN2CC(CBr)OC(C)(C)C2)c1Cl. The van der Waals surface area contributed by atoms with E-state index in [2.05, 4.69) is 53.6 Å². The third kappa shape index (κ3) is 4.01. The summed E-state index contributed by atoms with van der Waals surface area (Å²) in [5.41, 5.74) is 1.99. The Morgan fingerprint density at radius 3 is 2.71 bits per heavy atom. The quantitative estimate of drug-likeness (QED) is 0.735. The molecule has 1 aromatic heterocycles. The average Bonchev–Trinajstić information content (AvgIpc) is 2.73. The lowest BCUT2D eigenvalue weighted by Gasteiger charge is -2.42. The van der Waals surface area contributed by atoms with E-state index in [1.165, 1.54) is 0 Å². The standard InChI is InChI=1S/C15H25BrClN3O/c1-5-12-14(17)13(20(6-2)18-12)9-19-8-11(7-16)21-15(3,4)10-19/h11H,5-10H2,1-4H3. The lowest BCUT2D eigenvalue weighted by Crippen LogP contribution is -2.53. The van der Waals surface area contributed by atoms with Crippen LogP contribution in [0.25, 0.3) is 0 Å². The summed E-state index contributed by atoms with van der Waals surface area (Å²) >= 11 is 10.1. The predicted octanol–water partition coefficient (Wildman–Crippen LogP) is 3.49. The van der Waals surface area contributed by atoms with Crippen LogP contribution in [0.2, 0.25) is 5.02 Å². The second-order valence-electron chi connectivity index (χ2n) is 6.20. The van der Waals surface area contributed by atoms with Crippen molar-refractivity contribution in [2.75, 3.05) is 18.4 Å². The minimum Gasteiger partial charge on any atom is -0.369 e. The van der Waals surface area contributed by atoms with E-state index in [9.17, 15) is 0 Å². The Morgan fingerprint density at radius 1 is 1.43 bits per heavy atom. The van der Waals surface area contributed by atoms with Gasteiger partial charge in [0.1, 0.15) is 0 Å². The number of nitrogens with zero attached hydrogens (tertiary/aromatic N) is 3. The highest BCUT2D eigenvalue weighted by Crippen LogP contribution is 2.27. The summed E-state index contributed by atoms with van der Waals surface area (Å²) in [4.78, 5) is 2.42.